The predicted octanol–water partition coefficient (Wildman–Crippen LogP) is 4.77. The predicted molar refractivity (Wildman–Crippen MR) is 89.9 cm³/mol. The van der Waals surface area contributed by atoms with Crippen LogP contribution in [-0.4, -0.2) is 11.7 Å². The van der Waals surface area contributed by atoms with Gasteiger partial charge in [-0.25, -0.2) is 0 Å². The largest absolute Gasteiger partial charge is 0.416 e. The molecule has 2 aromatic rings. The van der Waals surface area contributed by atoms with E-state index in [1.165, 1.54) is 11.6 Å². The molecule has 1 N–H and O–H groups in total. The Morgan fingerprint density at radius 2 is 1.91 bits per heavy atom. The van der Waals surface area contributed by atoms with Gasteiger partial charge in [-0.05, 0) is 54.9 Å². The van der Waals surface area contributed by atoms with Crippen LogP contribution in [0.15, 0.2) is 42.5 Å². The summed E-state index contributed by atoms with van der Waals surface area (Å²) in [4.78, 5) is 1.94. The highest BCUT2D eigenvalue weighted by atomic mass is 32.1. The minimum atomic E-state index is -4.36. The van der Waals surface area contributed by atoms with E-state index in [9.17, 15) is 13.2 Å². The molecule has 6 heteroatoms. The minimum absolute atomic E-state index is 0.340. The van der Waals surface area contributed by atoms with Crippen LogP contribution in [0.2, 0.25) is 0 Å². The number of para-hydroxylation sites is 1. The standard InChI is InChI=1S/C17H15F3N2S/c1-11-4-2-5-12-8-9-22(15(11)12)16(23)21-14-7-3-6-13(10-14)17(18,19)20/h2-7,10H,8-9H2,1H3,(H,21,23). The lowest BCUT2D eigenvalue weighted by Crippen LogP contribution is -2.33. The van der Waals surface area contributed by atoms with Crippen molar-refractivity contribution in [3.63, 3.8) is 0 Å². The summed E-state index contributed by atoms with van der Waals surface area (Å²) in [5.41, 5.74) is 3.01. The minimum Gasteiger partial charge on any atom is -0.332 e. The van der Waals surface area contributed by atoms with Crippen LogP contribution in [0.25, 0.3) is 0 Å². The summed E-state index contributed by atoms with van der Waals surface area (Å²) in [5.74, 6) is 0. The molecule has 0 atom stereocenters. The Hall–Kier alpha value is -2.08. The van der Waals surface area contributed by atoms with Crippen LogP contribution in [0.3, 0.4) is 0 Å². The van der Waals surface area contributed by atoms with Crippen molar-refractivity contribution in [3.05, 3.63) is 59.2 Å². The molecule has 3 rings (SSSR count). The number of fused-ring (bicyclic) bond motifs is 1. The van der Waals surface area contributed by atoms with Gasteiger partial charge in [-0.1, -0.05) is 24.3 Å². The van der Waals surface area contributed by atoms with Crippen molar-refractivity contribution in [1.29, 1.82) is 0 Å². The van der Waals surface area contributed by atoms with Crippen LogP contribution < -0.4 is 10.2 Å². The highest BCUT2D eigenvalue weighted by Gasteiger charge is 2.30. The summed E-state index contributed by atoms with van der Waals surface area (Å²) in [6, 6.07) is 11.1. The first kappa shape index (κ1) is 15.8. The Morgan fingerprint density at radius 3 is 2.65 bits per heavy atom. The van der Waals surface area contributed by atoms with Gasteiger partial charge in [-0.15, -0.1) is 0 Å². The van der Waals surface area contributed by atoms with Gasteiger partial charge < -0.3 is 10.2 Å². The van der Waals surface area contributed by atoms with Crippen LogP contribution in [0.5, 0.6) is 0 Å². The van der Waals surface area contributed by atoms with E-state index in [1.807, 2.05) is 24.0 Å². The van der Waals surface area contributed by atoms with Crippen LogP contribution in [-0.2, 0) is 12.6 Å². The molecule has 1 aliphatic heterocycles. The van der Waals surface area contributed by atoms with Gasteiger partial charge >= 0.3 is 6.18 Å². The SMILES string of the molecule is Cc1cccc2c1N(C(=S)Nc1cccc(C(F)(F)F)c1)CC2. The lowest BCUT2D eigenvalue weighted by Gasteiger charge is -2.23. The van der Waals surface area contributed by atoms with Crippen molar-refractivity contribution < 1.29 is 13.2 Å². The fourth-order valence-corrected chi connectivity index (χ4v) is 3.12. The monoisotopic (exact) mass is 336 g/mol. The fourth-order valence-electron chi connectivity index (χ4n) is 2.82. The Labute approximate surface area is 137 Å². The zero-order chi connectivity index (χ0) is 16.6. The lowest BCUT2D eigenvalue weighted by molar-refractivity contribution is -0.137. The van der Waals surface area contributed by atoms with Crippen molar-refractivity contribution in [3.8, 4) is 0 Å². The average Bonchev–Trinajstić information content (AvgIpc) is 2.92. The summed E-state index contributed by atoms with van der Waals surface area (Å²) in [6.07, 6.45) is -3.49. The zero-order valence-electron chi connectivity index (χ0n) is 12.4. The van der Waals surface area contributed by atoms with E-state index < -0.39 is 11.7 Å². The molecule has 120 valence electrons. The molecule has 1 aliphatic rings. The average molecular weight is 336 g/mol. The van der Waals surface area contributed by atoms with Gasteiger partial charge in [0.2, 0.25) is 0 Å². The number of rotatable bonds is 1. The van der Waals surface area contributed by atoms with E-state index in [2.05, 4.69) is 11.4 Å². The summed E-state index contributed by atoms with van der Waals surface area (Å²) < 4.78 is 38.4. The van der Waals surface area contributed by atoms with Gasteiger partial charge in [0, 0.05) is 17.9 Å². The number of hydrogen-bond donors (Lipinski definition) is 1. The molecular weight excluding hydrogens is 321 g/mol. The van der Waals surface area contributed by atoms with Gasteiger partial charge in [0.25, 0.3) is 0 Å². The number of alkyl halides is 3. The Kier molecular flexibility index (Phi) is 4.02. The molecular formula is C17H15F3N2S. The molecule has 1 heterocycles. The van der Waals surface area contributed by atoms with E-state index in [0.29, 0.717) is 10.8 Å². The van der Waals surface area contributed by atoms with Crippen LogP contribution in [0, 0.1) is 6.92 Å². The van der Waals surface area contributed by atoms with Gasteiger partial charge in [0.05, 0.1) is 5.56 Å². The summed E-state index contributed by atoms with van der Waals surface area (Å²) in [6.45, 7) is 2.73. The molecule has 0 saturated heterocycles. The van der Waals surface area contributed by atoms with Gasteiger partial charge in [-0.3, -0.25) is 0 Å². The van der Waals surface area contributed by atoms with Gasteiger partial charge in [0.15, 0.2) is 5.11 Å². The summed E-state index contributed by atoms with van der Waals surface area (Å²) in [7, 11) is 0. The quantitative estimate of drug-likeness (QED) is 0.755. The molecule has 2 aromatic carbocycles. The Bertz CT molecular complexity index is 756. The first-order valence-corrected chi connectivity index (χ1v) is 7.61. The van der Waals surface area contributed by atoms with Crippen molar-refractivity contribution in [2.75, 3.05) is 16.8 Å². The number of anilines is 2. The van der Waals surface area contributed by atoms with Gasteiger partial charge in [-0.2, -0.15) is 13.2 Å². The molecule has 0 saturated carbocycles. The van der Waals surface area contributed by atoms with Crippen molar-refractivity contribution in [2.45, 2.75) is 19.5 Å². The third-order valence-corrected chi connectivity index (χ3v) is 4.20. The second-order valence-corrected chi connectivity index (χ2v) is 5.88. The normalized spacial score (nSPS) is 13.8. The number of hydrogen-bond acceptors (Lipinski definition) is 1. The number of benzene rings is 2. The second kappa shape index (κ2) is 5.85. The van der Waals surface area contributed by atoms with E-state index in [1.54, 1.807) is 6.07 Å². The van der Waals surface area contributed by atoms with E-state index in [0.717, 1.165) is 36.3 Å². The van der Waals surface area contributed by atoms with E-state index >= 15 is 0 Å². The molecule has 2 nitrogen and oxygen atoms in total. The molecule has 0 unspecified atom stereocenters. The highest BCUT2D eigenvalue weighted by Crippen LogP contribution is 2.33. The molecule has 0 bridgehead atoms. The van der Waals surface area contributed by atoms with Crippen molar-refractivity contribution in [1.82, 2.24) is 0 Å². The topological polar surface area (TPSA) is 15.3 Å². The van der Waals surface area contributed by atoms with E-state index in [4.69, 9.17) is 12.2 Å². The van der Waals surface area contributed by atoms with E-state index in [-0.39, 0.29) is 0 Å². The third-order valence-electron chi connectivity index (χ3n) is 3.88. The highest BCUT2D eigenvalue weighted by molar-refractivity contribution is 7.80. The summed E-state index contributed by atoms with van der Waals surface area (Å²) in [5, 5.41) is 3.34. The first-order valence-electron chi connectivity index (χ1n) is 7.20. The van der Waals surface area contributed by atoms with Crippen LogP contribution in [0.1, 0.15) is 16.7 Å². The maximum absolute atomic E-state index is 12.8. The van der Waals surface area contributed by atoms with Gasteiger partial charge in [0.1, 0.15) is 0 Å². The van der Waals surface area contributed by atoms with Crippen LogP contribution in [0.4, 0.5) is 24.5 Å². The molecule has 0 spiro atoms. The number of halogens is 3. The zero-order valence-corrected chi connectivity index (χ0v) is 13.3. The maximum atomic E-state index is 12.8. The molecule has 0 aromatic heterocycles. The van der Waals surface area contributed by atoms with Crippen molar-refractivity contribution in [2.24, 2.45) is 0 Å². The molecule has 0 amide bonds. The first-order chi connectivity index (χ1) is 10.9. The number of nitrogens with zero attached hydrogens (tertiary/aromatic N) is 1. The summed E-state index contributed by atoms with van der Waals surface area (Å²) >= 11 is 5.40. The lowest BCUT2D eigenvalue weighted by atomic mass is 10.1. The molecule has 0 fully saturated rings. The van der Waals surface area contributed by atoms with Crippen molar-refractivity contribution >= 4 is 28.7 Å². The number of thiocarbonyl (C=S) groups is 1. The second-order valence-electron chi connectivity index (χ2n) is 5.49. The Balaban J connectivity index is 1.82. The molecule has 23 heavy (non-hydrogen) atoms. The third kappa shape index (κ3) is 3.17. The Morgan fingerprint density at radius 1 is 1.17 bits per heavy atom. The number of nitrogens with one attached hydrogen (secondary N) is 1. The molecule has 0 radical (unpaired) electrons. The fraction of sp³-hybridized carbons (Fsp3) is 0.235. The number of aryl methyl sites for hydroxylation is 1. The van der Waals surface area contributed by atoms with Crippen LogP contribution >= 0.6 is 12.2 Å². The molecule has 0 aliphatic carbocycles. The smallest absolute Gasteiger partial charge is 0.332 e. The maximum Gasteiger partial charge on any atom is 0.416 e.